The van der Waals surface area contributed by atoms with Crippen LogP contribution in [0.1, 0.15) is 31.2 Å². The zero-order chi connectivity index (χ0) is 14.8. The number of hydrogen-bond acceptors (Lipinski definition) is 4. The molecule has 2 heterocycles. The van der Waals surface area contributed by atoms with Gasteiger partial charge in [0, 0.05) is 11.4 Å². The van der Waals surface area contributed by atoms with Crippen LogP contribution in [0.3, 0.4) is 0 Å². The quantitative estimate of drug-likeness (QED) is 0.771. The van der Waals surface area contributed by atoms with E-state index in [4.69, 9.17) is 0 Å². The summed E-state index contributed by atoms with van der Waals surface area (Å²) in [6.45, 7) is 5.41. The Morgan fingerprint density at radius 2 is 2.25 bits per heavy atom. The molecular formula is C14H20N2O3S. The number of carbonyl (C=O) groups excluding carboxylic acids is 1. The van der Waals surface area contributed by atoms with Crippen molar-refractivity contribution in [2.45, 2.75) is 26.3 Å². The van der Waals surface area contributed by atoms with Crippen LogP contribution < -0.4 is 10.6 Å². The predicted octanol–water partition coefficient (Wildman–Crippen LogP) is 1.63. The Balaban J connectivity index is 2.18. The van der Waals surface area contributed by atoms with Crippen LogP contribution in [0.2, 0.25) is 0 Å². The summed E-state index contributed by atoms with van der Waals surface area (Å²) in [5.41, 5.74) is -0.509. The lowest BCUT2D eigenvalue weighted by atomic mass is 9.75. The molecule has 3 N–H and O–H groups in total. The summed E-state index contributed by atoms with van der Waals surface area (Å²) < 4.78 is 0. The van der Waals surface area contributed by atoms with Gasteiger partial charge < -0.3 is 15.7 Å². The molecule has 0 aromatic carbocycles. The van der Waals surface area contributed by atoms with Crippen LogP contribution in [0, 0.1) is 11.3 Å². The van der Waals surface area contributed by atoms with Crippen LogP contribution in [0.15, 0.2) is 17.5 Å². The third-order valence-electron chi connectivity index (χ3n) is 4.10. The smallest absolute Gasteiger partial charge is 0.331 e. The minimum atomic E-state index is -1.02. The van der Waals surface area contributed by atoms with Crippen LogP contribution in [0.4, 0.5) is 0 Å². The molecule has 2 unspecified atom stereocenters. The first-order valence-corrected chi connectivity index (χ1v) is 7.63. The Bertz CT molecular complexity index is 479. The topological polar surface area (TPSA) is 78.4 Å². The van der Waals surface area contributed by atoms with Gasteiger partial charge in [-0.3, -0.25) is 4.79 Å². The van der Waals surface area contributed by atoms with Gasteiger partial charge >= 0.3 is 5.97 Å². The van der Waals surface area contributed by atoms with Gasteiger partial charge in [-0.15, -0.1) is 11.3 Å². The molecule has 2 atom stereocenters. The molecule has 1 aromatic rings. The van der Waals surface area contributed by atoms with Gasteiger partial charge in [0.25, 0.3) is 0 Å². The lowest BCUT2D eigenvalue weighted by Crippen LogP contribution is -2.48. The summed E-state index contributed by atoms with van der Waals surface area (Å²) in [6, 6.07) is 2.56. The number of thiophene rings is 1. The van der Waals surface area contributed by atoms with Gasteiger partial charge in [0.2, 0.25) is 5.91 Å². The standard InChI is InChI=1S/C14H20N2O3S/c1-9(2)14(5-6-15-8-14)13(19)16-11(12(17)18)10-4-3-7-20-10/h3-4,7,9,11,15H,5-6,8H2,1-2H3,(H,16,19)(H,17,18). The highest BCUT2D eigenvalue weighted by Crippen LogP contribution is 2.35. The van der Waals surface area contributed by atoms with E-state index >= 15 is 0 Å². The molecule has 0 aliphatic carbocycles. The van der Waals surface area contributed by atoms with Crippen molar-refractivity contribution in [2.75, 3.05) is 13.1 Å². The molecule has 0 radical (unpaired) electrons. The fraction of sp³-hybridized carbons (Fsp3) is 0.571. The normalized spacial score (nSPS) is 23.8. The average molecular weight is 296 g/mol. The lowest BCUT2D eigenvalue weighted by molar-refractivity contribution is -0.144. The van der Waals surface area contributed by atoms with Gasteiger partial charge in [-0.2, -0.15) is 0 Å². The van der Waals surface area contributed by atoms with Gasteiger partial charge in [-0.05, 0) is 30.3 Å². The lowest BCUT2D eigenvalue weighted by Gasteiger charge is -2.32. The van der Waals surface area contributed by atoms with Gasteiger partial charge in [-0.25, -0.2) is 4.79 Å². The number of carboxylic acid groups (broad SMARTS) is 1. The molecule has 6 heteroatoms. The average Bonchev–Trinajstić information content (AvgIpc) is 3.06. The van der Waals surface area contributed by atoms with E-state index in [1.807, 2.05) is 19.2 Å². The summed E-state index contributed by atoms with van der Waals surface area (Å²) >= 11 is 1.34. The van der Waals surface area contributed by atoms with Gasteiger partial charge in [0.1, 0.15) is 0 Å². The third kappa shape index (κ3) is 2.71. The van der Waals surface area contributed by atoms with E-state index < -0.39 is 17.4 Å². The second-order valence-corrected chi connectivity index (χ2v) is 6.48. The van der Waals surface area contributed by atoms with Crippen LogP contribution in [-0.2, 0) is 9.59 Å². The fourth-order valence-corrected chi connectivity index (χ4v) is 3.41. The van der Waals surface area contributed by atoms with Crippen molar-refractivity contribution >= 4 is 23.2 Å². The van der Waals surface area contributed by atoms with E-state index in [0.29, 0.717) is 11.4 Å². The second-order valence-electron chi connectivity index (χ2n) is 5.50. The summed E-state index contributed by atoms with van der Waals surface area (Å²) in [4.78, 5) is 24.7. The van der Waals surface area contributed by atoms with Crippen molar-refractivity contribution in [1.82, 2.24) is 10.6 Å². The largest absolute Gasteiger partial charge is 0.479 e. The molecule has 110 valence electrons. The Kier molecular flexibility index (Phi) is 4.45. The molecule has 1 fully saturated rings. The van der Waals surface area contributed by atoms with E-state index in [2.05, 4.69) is 10.6 Å². The number of carbonyl (C=O) groups is 2. The van der Waals surface area contributed by atoms with E-state index in [0.717, 1.165) is 13.0 Å². The molecule has 0 saturated carbocycles. The zero-order valence-corrected chi connectivity index (χ0v) is 12.5. The number of nitrogens with one attached hydrogen (secondary N) is 2. The van der Waals surface area contributed by atoms with Crippen molar-refractivity contribution < 1.29 is 14.7 Å². The maximum atomic E-state index is 12.6. The minimum absolute atomic E-state index is 0.162. The maximum Gasteiger partial charge on any atom is 0.331 e. The van der Waals surface area contributed by atoms with Crippen LogP contribution >= 0.6 is 11.3 Å². The predicted molar refractivity (Wildman–Crippen MR) is 77.6 cm³/mol. The molecule has 0 spiro atoms. The highest BCUT2D eigenvalue weighted by molar-refractivity contribution is 7.10. The molecule has 1 aromatic heterocycles. The molecule has 1 saturated heterocycles. The van der Waals surface area contributed by atoms with E-state index in [1.54, 1.807) is 12.1 Å². The number of carboxylic acids is 1. The molecule has 5 nitrogen and oxygen atoms in total. The summed E-state index contributed by atoms with van der Waals surface area (Å²) in [6.07, 6.45) is 0.743. The van der Waals surface area contributed by atoms with Crippen molar-refractivity contribution in [1.29, 1.82) is 0 Å². The molecule has 1 aliphatic heterocycles. The number of amides is 1. The third-order valence-corrected chi connectivity index (χ3v) is 5.03. The first-order valence-electron chi connectivity index (χ1n) is 6.75. The van der Waals surface area contributed by atoms with E-state index in [-0.39, 0.29) is 11.8 Å². The second kappa shape index (κ2) is 5.93. The maximum absolute atomic E-state index is 12.6. The first-order chi connectivity index (χ1) is 9.47. The number of rotatable bonds is 5. The molecular weight excluding hydrogens is 276 g/mol. The molecule has 20 heavy (non-hydrogen) atoms. The highest BCUT2D eigenvalue weighted by atomic mass is 32.1. The Labute approximate surface area is 122 Å². The van der Waals surface area contributed by atoms with Gasteiger partial charge in [0.05, 0.1) is 5.41 Å². The first kappa shape index (κ1) is 15.0. The van der Waals surface area contributed by atoms with Crippen molar-refractivity contribution in [3.63, 3.8) is 0 Å². The van der Waals surface area contributed by atoms with Crippen LogP contribution in [0.25, 0.3) is 0 Å². The van der Waals surface area contributed by atoms with Crippen LogP contribution in [0.5, 0.6) is 0 Å². The minimum Gasteiger partial charge on any atom is -0.479 e. The Morgan fingerprint density at radius 3 is 2.70 bits per heavy atom. The zero-order valence-electron chi connectivity index (χ0n) is 11.7. The molecule has 1 amide bonds. The Morgan fingerprint density at radius 1 is 1.50 bits per heavy atom. The monoisotopic (exact) mass is 296 g/mol. The van der Waals surface area contributed by atoms with Crippen molar-refractivity contribution in [2.24, 2.45) is 11.3 Å². The Hall–Kier alpha value is -1.40. The highest BCUT2D eigenvalue weighted by Gasteiger charge is 2.45. The van der Waals surface area contributed by atoms with Crippen molar-refractivity contribution in [3.05, 3.63) is 22.4 Å². The van der Waals surface area contributed by atoms with Gasteiger partial charge in [-0.1, -0.05) is 19.9 Å². The molecule has 0 bridgehead atoms. The summed E-state index contributed by atoms with van der Waals surface area (Å²) in [7, 11) is 0. The summed E-state index contributed by atoms with van der Waals surface area (Å²) in [5, 5.41) is 17.1. The van der Waals surface area contributed by atoms with E-state index in [1.165, 1.54) is 11.3 Å². The molecule has 2 rings (SSSR count). The van der Waals surface area contributed by atoms with E-state index in [9.17, 15) is 14.7 Å². The summed E-state index contributed by atoms with van der Waals surface area (Å²) in [5.74, 6) is -1.03. The number of hydrogen-bond donors (Lipinski definition) is 3. The van der Waals surface area contributed by atoms with Gasteiger partial charge in [0.15, 0.2) is 6.04 Å². The fourth-order valence-electron chi connectivity index (χ4n) is 2.64. The SMILES string of the molecule is CC(C)C1(C(=O)NC(C(=O)O)c2cccs2)CCNC1. The van der Waals surface area contributed by atoms with Crippen LogP contribution in [-0.4, -0.2) is 30.1 Å². The molecule has 1 aliphatic rings. The van der Waals surface area contributed by atoms with Crippen molar-refractivity contribution in [3.8, 4) is 0 Å². The number of aliphatic carboxylic acids is 1.